The zero-order valence-corrected chi connectivity index (χ0v) is 16.6. The largest absolute Gasteiger partial charge is 0.378 e. The first-order chi connectivity index (χ1) is 14.0. The lowest BCUT2D eigenvalue weighted by Crippen LogP contribution is -2.49. The molecule has 4 rings (SSSR count). The normalized spacial score (nSPS) is 21.6. The van der Waals surface area contributed by atoms with Gasteiger partial charge in [-0.2, -0.15) is 0 Å². The van der Waals surface area contributed by atoms with Gasteiger partial charge >= 0.3 is 0 Å². The highest BCUT2D eigenvalue weighted by molar-refractivity contribution is 6.03. The minimum absolute atomic E-state index is 0.0599. The van der Waals surface area contributed by atoms with Gasteiger partial charge in [-0.15, -0.1) is 0 Å². The molecular formula is C20H26FN5O3. The van der Waals surface area contributed by atoms with Gasteiger partial charge in [0.1, 0.15) is 5.82 Å². The highest BCUT2D eigenvalue weighted by Crippen LogP contribution is 2.34. The van der Waals surface area contributed by atoms with Crippen molar-refractivity contribution in [3.8, 4) is 0 Å². The highest BCUT2D eigenvalue weighted by atomic mass is 19.1. The summed E-state index contributed by atoms with van der Waals surface area (Å²) in [6.07, 6.45) is 2.97. The van der Waals surface area contributed by atoms with Crippen molar-refractivity contribution in [3.63, 3.8) is 0 Å². The Morgan fingerprint density at radius 3 is 2.86 bits per heavy atom. The number of pyridine rings is 1. The van der Waals surface area contributed by atoms with E-state index < -0.39 is 5.82 Å². The van der Waals surface area contributed by atoms with E-state index in [-0.39, 0.29) is 30.2 Å². The number of likely N-dealkylation sites (N-methyl/N-ethyl adjacent to an activating group) is 1. The molecule has 9 heteroatoms. The second-order valence-corrected chi connectivity index (χ2v) is 7.60. The van der Waals surface area contributed by atoms with Gasteiger partial charge in [0.15, 0.2) is 11.6 Å². The summed E-state index contributed by atoms with van der Waals surface area (Å²) in [7, 11) is 1.80. The fourth-order valence-corrected chi connectivity index (χ4v) is 4.26. The Bertz CT molecular complexity index is 840. The average molecular weight is 403 g/mol. The van der Waals surface area contributed by atoms with Crippen LogP contribution in [0.25, 0.3) is 0 Å². The first-order valence-electron chi connectivity index (χ1n) is 9.98. The van der Waals surface area contributed by atoms with Crippen molar-refractivity contribution in [2.24, 2.45) is 0 Å². The first-order valence-corrected chi connectivity index (χ1v) is 9.98. The molecule has 8 nitrogen and oxygen atoms in total. The van der Waals surface area contributed by atoms with E-state index in [1.165, 1.54) is 6.08 Å². The monoisotopic (exact) mass is 403 g/mol. The second-order valence-electron chi connectivity index (χ2n) is 7.60. The molecule has 0 spiro atoms. The molecular weight excluding hydrogens is 377 g/mol. The number of aromatic nitrogens is 1. The van der Waals surface area contributed by atoms with Crippen LogP contribution in [0.5, 0.6) is 0 Å². The van der Waals surface area contributed by atoms with Crippen molar-refractivity contribution in [2.45, 2.75) is 25.4 Å². The van der Waals surface area contributed by atoms with Crippen molar-refractivity contribution in [3.05, 3.63) is 29.6 Å². The van der Waals surface area contributed by atoms with Crippen LogP contribution in [0.4, 0.5) is 16.0 Å². The number of hydrogen-bond acceptors (Lipinski definition) is 6. The standard InChI is InChI=1S/C20H26FN5O3/c1-3-15(27)26-6-4-5-13(12-26)24(2)19-17(21)14-11-22-20(28)16(14)18(23-19)25-7-9-29-10-8-25/h3,13H,1,4-12H2,2H3,(H,22,28). The Labute approximate surface area is 169 Å². The number of nitrogens with zero attached hydrogens (tertiary/aromatic N) is 4. The predicted molar refractivity (Wildman–Crippen MR) is 107 cm³/mol. The minimum Gasteiger partial charge on any atom is -0.378 e. The van der Waals surface area contributed by atoms with Crippen LogP contribution in [0.15, 0.2) is 12.7 Å². The molecule has 29 heavy (non-hydrogen) atoms. The van der Waals surface area contributed by atoms with Gasteiger partial charge < -0.3 is 24.8 Å². The fourth-order valence-electron chi connectivity index (χ4n) is 4.26. The number of piperidine rings is 1. The van der Waals surface area contributed by atoms with Crippen LogP contribution in [-0.2, 0) is 16.1 Å². The lowest BCUT2D eigenvalue weighted by atomic mass is 10.0. The van der Waals surface area contributed by atoms with E-state index in [9.17, 15) is 9.59 Å². The number of hydrogen-bond donors (Lipinski definition) is 1. The lowest BCUT2D eigenvalue weighted by Gasteiger charge is -2.38. The maximum atomic E-state index is 15.4. The molecule has 2 fully saturated rings. The Balaban J connectivity index is 1.69. The SMILES string of the molecule is C=CC(=O)N1CCCC(N(C)c2nc(N3CCOCC3)c3c(c2F)CNC3=O)C1. The van der Waals surface area contributed by atoms with E-state index in [4.69, 9.17) is 4.74 Å². The minimum atomic E-state index is -0.468. The maximum Gasteiger partial charge on any atom is 0.255 e. The van der Waals surface area contributed by atoms with Crippen LogP contribution in [0, 0.1) is 5.82 Å². The third kappa shape index (κ3) is 3.55. The molecule has 1 aromatic heterocycles. The number of ether oxygens (including phenoxy) is 1. The molecule has 1 N–H and O–H groups in total. The van der Waals surface area contributed by atoms with Gasteiger partial charge in [-0.25, -0.2) is 9.37 Å². The molecule has 4 heterocycles. The number of rotatable bonds is 4. The van der Waals surface area contributed by atoms with E-state index in [0.717, 1.165) is 12.8 Å². The van der Waals surface area contributed by atoms with Gasteiger partial charge in [0.25, 0.3) is 5.91 Å². The van der Waals surface area contributed by atoms with Crippen molar-refractivity contribution in [1.29, 1.82) is 0 Å². The van der Waals surface area contributed by atoms with Gasteiger partial charge in [-0.3, -0.25) is 9.59 Å². The number of halogens is 1. The molecule has 3 aliphatic heterocycles. The Hall–Kier alpha value is -2.68. The molecule has 1 unspecified atom stereocenters. The number of amides is 2. The van der Waals surface area contributed by atoms with Crippen molar-refractivity contribution >= 4 is 23.5 Å². The summed E-state index contributed by atoms with van der Waals surface area (Å²) >= 11 is 0. The van der Waals surface area contributed by atoms with Crippen molar-refractivity contribution in [2.75, 3.05) is 56.2 Å². The van der Waals surface area contributed by atoms with Gasteiger partial charge in [-0.05, 0) is 18.9 Å². The quantitative estimate of drug-likeness (QED) is 0.754. The zero-order chi connectivity index (χ0) is 20.5. The van der Waals surface area contributed by atoms with E-state index in [1.54, 1.807) is 11.9 Å². The molecule has 0 bridgehead atoms. The number of carbonyl (C=O) groups excluding carboxylic acids is 2. The molecule has 1 aromatic rings. The maximum absolute atomic E-state index is 15.4. The van der Waals surface area contributed by atoms with Crippen molar-refractivity contribution < 1.29 is 18.7 Å². The van der Waals surface area contributed by atoms with Crippen LogP contribution in [0.2, 0.25) is 0 Å². The Morgan fingerprint density at radius 1 is 1.38 bits per heavy atom. The smallest absolute Gasteiger partial charge is 0.255 e. The summed E-state index contributed by atoms with van der Waals surface area (Å²) in [6, 6.07) is -0.0599. The van der Waals surface area contributed by atoms with E-state index in [2.05, 4.69) is 16.9 Å². The second kappa shape index (κ2) is 7.98. The van der Waals surface area contributed by atoms with Gasteiger partial charge in [0.05, 0.1) is 18.8 Å². The summed E-state index contributed by atoms with van der Waals surface area (Å²) in [6.45, 7) is 7.17. The summed E-state index contributed by atoms with van der Waals surface area (Å²) in [5.41, 5.74) is 0.692. The lowest BCUT2D eigenvalue weighted by molar-refractivity contribution is -0.127. The van der Waals surface area contributed by atoms with Crippen LogP contribution in [-0.4, -0.2) is 74.2 Å². The van der Waals surface area contributed by atoms with Crippen LogP contribution in [0.1, 0.15) is 28.8 Å². The number of likely N-dealkylation sites (tertiary alicyclic amines) is 1. The zero-order valence-electron chi connectivity index (χ0n) is 16.6. The number of carbonyl (C=O) groups is 2. The van der Waals surface area contributed by atoms with Crippen molar-refractivity contribution in [1.82, 2.24) is 15.2 Å². The fraction of sp³-hybridized carbons (Fsp3) is 0.550. The Kier molecular flexibility index (Phi) is 5.40. The summed E-state index contributed by atoms with van der Waals surface area (Å²) < 4.78 is 20.8. The van der Waals surface area contributed by atoms with E-state index in [1.807, 2.05) is 9.80 Å². The summed E-state index contributed by atoms with van der Waals surface area (Å²) in [5.74, 6) is -0.141. The molecule has 3 aliphatic rings. The van der Waals surface area contributed by atoms with Crippen LogP contribution >= 0.6 is 0 Å². The molecule has 0 radical (unpaired) electrons. The molecule has 0 aromatic carbocycles. The molecule has 2 saturated heterocycles. The van der Waals surface area contributed by atoms with Crippen LogP contribution in [0.3, 0.4) is 0 Å². The number of anilines is 2. The topological polar surface area (TPSA) is 78.0 Å². The molecule has 156 valence electrons. The van der Waals surface area contributed by atoms with Crippen LogP contribution < -0.4 is 15.1 Å². The first kappa shape index (κ1) is 19.6. The van der Waals surface area contributed by atoms with Gasteiger partial charge in [0.2, 0.25) is 5.91 Å². The highest BCUT2D eigenvalue weighted by Gasteiger charge is 2.35. The molecule has 1 atom stereocenters. The predicted octanol–water partition coefficient (Wildman–Crippen LogP) is 0.914. The summed E-state index contributed by atoms with van der Waals surface area (Å²) in [4.78, 5) is 34.5. The number of fused-ring (bicyclic) bond motifs is 1. The third-order valence-electron chi connectivity index (χ3n) is 5.93. The molecule has 2 amide bonds. The Morgan fingerprint density at radius 2 is 2.14 bits per heavy atom. The van der Waals surface area contributed by atoms with Gasteiger partial charge in [-0.1, -0.05) is 6.58 Å². The molecule has 0 saturated carbocycles. The van der Waals surface area contributed by atoms with Gasteiger partial charge in [0, 0.05) is 51.4 Å². The van der Waals surface area contributed by atoms with E-state index >= 15 is 4.39 Å². The van der Waals surface area contributed by atoms with E-state index in [0.29, 0.717) is 56.3 Å². The molecule has 0 aliphatic carbocycles. The number of morpholine rings is 1. The summed E-state index contributed by atoms with van der Waals surface area (Å²) in [5, 5.41) is 2.72. The average Bonchev–Trinajstić information content (AvgIpc) is 3.16. The number of nitrogens with one attached hydrogen (secondary N) is 1. The third-order valence-corrected chi connectivity index (χ3v) is 5.93.